The molecule has 18 unspecified atom stereocenters. The molecule has 16 nitrogen and oxygen atoms in total. The molecule has 0 aromatic carbocycles. The Bertz CT molecular complexity index is 2050. The van der Waals surface area contributed by atoms with Gasteiger partial charge in [0, 0.05) is 36.5 Å². The molecular formula is C62H112O16. The Balaban J connectivity index is 0. The fraction of sp³-hybridized carbons (Fsp3) is 0.871. The van der Waals surface area contributed by atoms with E-state index in [1.807, 2.05) is 83.1 Å². The summed E-state index contributed by atoms with van der Waals surface area (Å²) >= 11 is 0. The van der Waals surface area contributed by atoms with E-state index >= 15 is 0 Å². The number of carbonyl (C=O) groups is 8. The van der Waals surface area contributed by atoms with Crippen molar-refractivity contribution in [1.29, 1.82) is 0 Å². The van der Waals surface area contributed by atoms with Gasteiger partial charge in [-0.25, -0.2) is 0 Å². The standard InChI is InChI=1S/C14H20O4.C14H22O4.C13H18O4.C13H20O4.8CH4/c1-4-7(2)12(15)18-14(3)8-5-9-10(6-8)13(16)17-11(9)14;1-5-13(2,3)12(16)18-14(4)7-6-9-8-10(14)17-11(9)15;1-3-6(2)12(14)16-10-7-4-8-9(5-7)13(15)17-11(8)10;1-4-13(2,3)12(15)17-9-6-5-8-7-10(9)16-11(8)14;;;;;;;;/h7-11H,4-6H2,1-3H3;9-10H,5-8H2,1-4H3;6-11H,3-5H2,1-2H3;8-10H,4-7H2,1-3H3;8*1H4. The van der Waals surface area contributed by atoms with Crippen LogP contribution in [0.25, 0.3) is 0 Å². The average molecular weight is 1110 g/mol. The van der Waals surface area contributed by atoms with Gasteiger partial charge in [0.15, 0.2) is 0 Å². The molecule has 0 N–H and O–H groups in total. The molecule has 10 fully saturated rings. The highest BCUT2D eigenvalue weighted by atomic mass is 16.6. The van der Waals surface area contributed by atoms with E-state index in [2.05, 4.69) is 0 Å². The summed E-state index contributed by atoms with van der Waals surface area (Å²) in [5.41, 5.74) is -2.18. The smallest absolute Gasteiger partial charge is 0.312 e. The first-order valence-corrected chi connectivity index (χ1v) is 26.5. The molecule has 0 radical (unpaired) electrons. The predicted octanol–water partition coefficient (Wildman–Crippen LogP) is 13.0. The van der Waals surface area contributed by atoms with Crippen LogP contribution in [-0.4, -0.2) is 95.6 Å². The molecule has 10 rings (SSSR count). The maximum absolute atomic E-state index is 12.2. The van der Waals surface area contributed by atoms with Crippen molar-refractivity contribution in [3.05, 3.63) is 0 Å². The van der Waals surface area contributed by atoms with Crippen molar-refractivity contribution in [1.82, 2.24) is 0 Å². The third-order valence-electron chi connectivity index (χ3n) is 18.5. The number of rotatable bonds is 12. The van der Waals surface area contributed by atoms with Crippen molar-refractivity contribution in [2.45, 2.75) is 280 Å². The minimum atomic E-state index is -0.647. The summed E-state index contributed by atoms with van der Waals surface area (Å²) in [5, 5.41) is 0. The van der Waals surface area contributed by atoms with Crippen molar-refractivity contribution in [2.75, 3.05) is 0 Å². The Labute approximate surface area is 472 Å². The Morgan fingerprint density at radius 3 is 1.71 bits per heavy atom. The molecule has 0 aromatic heterocycles. The lowest BCUT2D eigenvalue weighted by atomic mass is 9.79. The van der Waals surface area contributed by atoms with E-state index in [9.17, 15) is 38.4 Å². The first-order valence-electron chi connectivity index (χ1n) is 26.5. The number of carbonyl (C=O) groups excluding carboxylic acids is 8. The number of esters is 8. The summed E-state index contributed by atoms with van der Waals surface area (Å²) in [4.78, 5) is 94.1. The molecule has 6 saturated carbocycles. The van der Waals surface area contributed by atoms with E-state index < -0.39 is 22.0 Å². The Kier molecular flexibility index (Phi) is 28.1. The molecular weight excluding hydrogens is 1000 g/mol. The van der Waals surface area contributed by atoms with E-state index in [4.69, 9.17) is 37.9 Å². The van der Waals surface area contributed by atoms with Crippen LogP contribution in [0.5, 0.6) is 0 Å². The summed E-state index contributed by atoms with van der Waals surface area (Å²) in [7, 11) is 0. The van der Waals surface area contributed by atoms with Crippen molar-refractivity contribution >= 4 is 47.8 Å². The van der Waals surface area contributed by atoms with Crippen LogP contribution in [0.3, 0.4) is 0 Å². The molecule has 16 heteroatoms. The van der Waals surface area contributed by atoms with E-state index in [0.717, 1.165) is 70.6 Å². The fourth-order valence-electron chi connectivity index (χ4n) is 12.1. The SMILES string of the molecule is C.C.C.C.C.C.C.C.CCC(C)(C)C(=O)OC1(C)CCC2CC1OC2=O.CCC(C)(C)C(=O)OC1CCC2CC1OC2=O.CCC(C)C(=O)OC1(C)C2CC3C(=O)OC1C3C2.CCC(C)C(=O)OC1C2CC3C(=O)OC1C3C2. The molecule has 0 amide bonds. The number of ether oxygens (including phenoxy) is 8. The third-order valence-corrected chi connectivity index (χ3v) is 18.5. The number of fused-ring (bicyclic) bond motifs is 6. The van der Waals surface area contributed by atoms with Gasteiger partial charge in [-0.15, -0.1) is 0 Å². The average Bonchev–Trinajstić information content (AvgIpc) is 4.21. The van der Waals surface area contributed by atoms with Gasteiger partial charge in [-0.2, -0.15) is 0 Å². The Morgan fingerprint density at radius 1 is 0.577 bits per heavy atom. The maximum Gasteiger partial charge on any atom is 0.312 e. The second-order valence-corrected chi connectivity index (χ2v) is 23.8. The van der Waals surface area contributed by atoms with Crippen LogP contribution in [0.2, 0.25) is 0 Å². The largest absolute Gasteiger partial charge is 0.458 e. The molecule has 18 atom stereocenters. The van der Waals surface area contributed by atoms with E-state index in [1.165, 1.54) is 0 Å². The van der Waals surface area contributed by atoms with Gasteiger partial charge in [0.05, 0.1) is 46.3 Å². The van der Waals surface area contributed by atoms with Crippen LogP contribution in [0.4, 0.5) is 0 Å². The third kappa shape index (κ3) is 14.6. The highest BCUT2D eigenvalue weighted by Gasteiger charge is 2.69. The van der Waals surface area contributed by atoms with Crippen LogP contribution in [0, 0.1) is 70.0 Å². The van der Waals surface area contributed by atoms with Gasteiger partial charge in [0.25, 0.3) is 0 Å². The van der Waals surface area contributed by atoms with Crippen LogP contribution in [-0.2, 0) is 76.3 Å². The first-order chi connectivity index (χ1) is 32.8. The fourth-order valence-corrected chi connectivity index (χ4v) is 12.1. The van der Waals surface area contributed by atoms with Gasteiger partial charge in [0.2, 0.25) is 0 Å². The van der Waals surface area contributed by atoms with Gasteiger partial charge < -0.3 is 37.9 Å². The van der Waals surface area contributed by atoms with Crippen molar-refractivity contribution in [2.24, 2.45) is 70.0 Å². The number of hydrogen-bond donors (Lipinski definition) is 0. The quantitative estimate of drug-likeness (QED) is 0.131. The molecule has 10 aliphatic rings. The Morgan fingerprint density at radius 2 is 1.12 bits per heavy atom. The molecule has 4 heterocycles. The highest BCUT2D eigenvalue weighted by Crippen LogP contribution is 2.61. The number of hydrogen-bond acceptors (Lipinski definition) is 16. The Hall–Kier alpha value is -4.24. The zero-order chi connectivity index (χ0) is 51.4. The van der Waals surface area contributed by atoms with Gasteiger partial charge in [-0.05, 0) is 119 Å². The predicted molar refractivity (Wildman–Crippen MR) is 303 cm³/mol. The highest BCUT2D eigenvalue weighted by molar-refractivity contribution is 5.80. The molecule has 0 aromatic rings. The maximum atomic E-state index is 12.2. The summed E-state index contributed by atoms with van der Waals surface area (Å²) in [6.45, 7) is 23.0. The summed E-state index contributed by atoms with van der Waals surface area (Å²) < 4.78 is 43.9. The zero-order valence-corrected chi connectivity index (χ0v) is 43.7. The lowest BCUT2D eigenvalue weighted by Crippen LogP contribution is -2.48. The molecule has 6 aliphatic carbocycles. The molecule has 4 aliphatic heterocycles. The molecule has 456 valence electrons. The van der Waals surface area contributed by atoms with Gasteiger partial charge >= 0.3 is 47.8 Å². The summed E-state index contributed by atoms with van der Waals surface area (Å²) in [5.74, 6) is 0.144. The molecule has 8 bridgehead atoms. The topological polar surface area (TPSA) is 210 Å². The minimum absolute atomic E-state index is 0. The second kappa shape index (κ2) is 29.0. The van der Waals surface area contributed by atoms with E-state index in [-0.39, 0.29) is 191 Å². The lowest BCUT2D eigenvalue weighted by molar-refractivity contribution is -0.186. The molecule has 78 heavy (non-hydrogen) atoms. The molecule has 4 saturated heterocycles. The van der Waals surface area contributed by atoms with Gasteiger partial charge in [0.1, 0.15) is 47.8 Å². The lowest BCUT2D eigenvalue weighted by Gasteiger charge is -2.38. The van der Waals surface area contributed by atoms with Gasteiger partial charge in [-0.3, -0.25) is 38.4 Å². The molecule has 0 spiro atoms. The van der Waals surface area contributed by atoms with Crippen molar-refractivity contribution in [3.63, 3.8) is 0 Å². The zero-order valence-electron chi connectivity index (χ0n) is 43.7. The van der Waals surface area contributed by atoms with Crippen LogP contribution in [0.15, 0.2) is 0 Å². The normalized spacial score (nSPS) is 35.3. The van der Waals surface area contributed by atoms with Crippen LogP contribution in [0.1, 0.15) is 232 Å². The van der Waals surface area contributed by atoms with Crippen molar-refractivity contribution < 1.29 is 76.3 Å². The first kappa shape index (κ1) is 75.8. The second-order valence-electron chi connectivity index (χ2n) is 23.8. The monoisotopic (exact) mass is 1110 g/mol. The van der Waals surface area contributed by atoms with Crippen LogP contribution < -0.4 is 0 Å². The minimum Gasteiger partial charge on any atom is -0.458 e. The summed E-state index contributed by atoms with van der Waals surface area (Å²) in [6, 6.07) is 0. The van der Waals surface area contributed by atoms with Crippen LogP contribution >= 0.6 is 0 Å². The summed E-state index contributed by atoms with van der Waals surface area (Å²) in [6.07, 6.45) is 9.78. The van der Waals surface area contributed by atoms with Gasteiger partial charge in [-0.1, -0.05) is 101 Å². The van der Waals surface area contributed by atoms with E-state index in [0.29, 0.717) is 31.1 Å². The van der Waals surface area contributed by atoms with E-state index in [1.54, 1.807) is 0 Å². The van der Waals surface area contributed by atoms with Crippen molar-refractivity contribution in [3.8, 4) is 0 Å².